The Morgan fingerprint density at radius 3 is 2.44 bits per heavy atom. The van der Waals surface area contributed by atoms with Gasteiger partial charge in [0.2, 0.25) is 0 Å². The predicted molar refractivity (Wildman–Crippen MR) is 90.2 cm³/mol. The molecule has 25 heavy (non-hydrogen) atoms. The van der Waals surface area contributed by atoms with E-state index in [4.69, 9.17) is 14.2 Å². The van der Waals surface area contributed by atoms with Crippen molar-refractivity contribution in [3.63, 3.8) is 0 Å². The number of fused-ring (bicyclic) bond motifs is 9. The fourth-order valence-electron chi connectivity index (χ4n) is 6.22. The second-order valence-corrected chi connectivity index (χ2v) is 8.13. The molecule has 8 atom stereocenters. The molecule has 4 rings (SSSR count). The van der Waals surface area contributed by atoms with Crippen molar-refractivity contribution in [1.29, 1.82) is 0 Å². The van der Waals surface area contributed by atoms with E-state index in [0.717, 1.165) is 24.7 Å². The molecular formula is C20H28O5. The Bertz CT molecular complexity index is 599. The van der Waals surface area contributed by atoms with Crippen LogP contribution in [-0.2, 0) is 23.8 Å². The minimum Gasteiger partial charge on any atom is -0.461 e. The van der Waals surface area contributed by atoms with Gasteiger partial charge in [-0.05, 0) is 68.6 Å². The zero-order chi connectivity index (χ0) is 17.8. The van der Waals surface area contributed by atoms with Crippen LogP contribution in [0.3, 0.4) is 0 Å². The van der Waals surface area contributed by atoms with E-state index < -0.39 is 11.8 Å². The van der Waals surface area contributed by atoms with Crippen molar-refractivity contribution in [2.45, 2.75) is 45.8 Å². The van der Waals surface area contributed by atoms with Crippen LogP contribution >= 0.6 is 0 Å². The highest BCUT2D eigenvalue weighted by molar-refractivity contribution is 5.82. The van der Waals surface area contributed by atoms with Crippen molar-refractivity contribution in [2.75, 3.05) is 13.2 Å². The minimum atomic E-state index is -1.64. The summed E-state index contributed by atoms with van der Waals surface area (Å²) in [5, 5.41) is 0. The number of rotatable bonds is 6. The molecule has 0 aromatic heterocycles. The van der Waals surface area contributed by atoms with E-state index in [1.165, 1.54) is 13.3 Å². The summed E-state index contributed by atoms with van der Waals surface area (Å²) in [5.41, 5.74) is 0. The molecule has 0 aromatic carbocycles. The fraction of sp³-hybridized carbons (Fsp3) is 0.800. The molecule has 4 bridgehead atoms. The number of hydrogen-bond donors (Lipinski definition) is 0. The molecule has 0 radical (unpaired) electrons. The van der Waals surface area contributed by atoms with Crippen LogP contribution in [-0.4, -0.2) is 30.9 Å². The lowest BCUT2D eigenvalue weighted by molar-refractivity contribution is -0.239. The largest absolute Gasteiger partial charge is 0.461 e. The average molecular weight is 348 g/mol. The Morgan fingerprint density at radius 2 is 1.76 bits per heavy atom. The van der Waals surface area contributed by atoms with Gasteiger partial charge in [-0.3, -0.25) is 4.79 Å². The summed E-state index contributed by atoms with van der Waals surface area (Å²) >= 11 is 0. The van der Waals surface area contributed by atoms with Crippen molar-refractivity contribution in [3.8, 4) is 0 Å². The monoisotopic (exact) mass is 348 g/mol. The molecule has 0 amide bonds. The molecule has 8 unspecified atom stereocenters. The highest BCUT2D eigenvalue weighted by atomic mass is 16.7. The van der Waals surface area contributed by atoms with Crippen LogP contribution in [0, 0.1) is 41.4 Å². The molecule has 0 spiro atoms. The molecule has 0 heterocycles. The Kier molecular flexibility index (Phi) is 4.18. The van der Waals surface area contributed by atoms with Gasteiger partial charge in [0.05, 0.1) is 12.5 Å². The highest BCUT2D eigenvalue weighted by Gasteiger charge is 2.63. The van der Waals surface area contributed by atoms with E-state index in [0.29, 0.717) is 23.7 Å². The van der Waals surface area contributed by atoms with Gasteiger partial charge in [-0.1, -0.05) is 12.2 Å². The Labute approximate surface area is 149 Å². The maximum absolute atomic E-state index is 12.9. The van der Waals surface area contributed by atoms with Gasteiger partial charge in [-0.2, -0.15) is 0 Å². The zero-order valence-electron chi connectivity index (χ0n) is 15.3. The van der Waals surface area contributed by atoms with Crippen LogP contribution in [0.15, 0.2) is 12.2 Å². The third-order valence-corrected chi connectivity index (χ3v) is 6.93. The van der Waals surface area contributed by atoms with Crippen molar-refractivity contribution in [3.05, 3.63) is 12.2 Å². The maximum Gasteiger partial charge on any atom is 0.379 e. The van der Waals surface area contributed by atoms with E-state index >= 15 is 0 Å². The van der Waals surface area contributed by atoms with Crippen LogP contribution in [0.2, 0.25) is 0 Å². The topological polar surface area (TPSA) is 61.8 Å². The second kappa shape index (κ2) is 6.11. The summed E-state index contributed by atoms with van der Waals surface area (Å²) < 4.78 is 16.1. The van der Waals surface area contributed by atoms with Gasteiger partial charge in [0, 0.05) is 13.5 Å². The van der Waals surface area contributed by atoms with Crippen LogP contribution in [0.25, 0.3) is 0 Å². The number of hydrogen-bond acceptors (Lipinski definition) is 5. The smallest absolute Gasteiger partial charge is 0.379 e. The van der Waals surface area contributed by atoms with Gasteiger partial charge in [-0.25, -0.2) is 4.79 Å². The van der Waals surface area contributed by atoms with E-state index in [-0.39, 0.29) is 25.1 Å². The molecular weight excluding hydrogens is 320 g/mol. The van der Waals surface area contributed by atoms with Crippen molar-refractivity contribution < 1.29 is 23.8 Å². The first-order chi connectivity index (χ1) is 12.0. The summed E-state index contributed by atoms with van der Waals surface area (Å²) in [4.78, 5) is 25.1. The average Bonchev–Trinajstić information content (AvgIpc) is 3.33. The van der Waals surface area contributed by atoms with E-state index in [9.17, 15) is 9.59 Å². The van der Waals surface area contributed by atoms with Gasteiger partial charge in [-0.15, -0.1) is 0 Å². The summed E-state index contributed by atoms with van der Waals surface area (Å²) in [5.74, 6) is 1.14. The lowest BCUT2D eigenvalue weighted by Gasteiger charge is -2.37. The number of ether oxygens (including phenoxy) is 3. The third kappa shape index (κ3) is 2.54. The Hall–Kier alpha value is -1.36. The number of carbonyl (C=O) groups is 2. The summed E-state index contributed by atoms with van der Waals surface area (Å²) in [6.07, 6.45) is 8.05. The van der Waals surface area contributed by atoms with Crippen molar-refractivity contribution in [2.24, 2.45) is 41.4 Å². The Morgan fingerprint density at radius 1 is 1.04 bits per heavy atom. The first-order valence-corrected chi connectivity index (χ1v) is 9.70. The van der Waals surface area contributed by atoms with Gasteiger partial charge >= 0.3 is 17.7 Å². The third-order valence-electron chi connectivity index (χ3n) is 6.93. The number of allylic oxidation sites excluding steroid dienone is 2. The first-order valence-electron chi connectivity index (χ1n) is 9.70. The number of esters is 2. The highest BCUT2D eigenvalue weighted by Crippen LogP contribution is 2.67. The first kappa shape index (κ1) is 17.1. The van der Waals surface area contributed by atoms with Crippen molar-refractivity contribution in [1.82, 2.24) is 0 Å². The molecule has 4 aliphatic rings. The van der Waals surface area contributed by atoms with Crippen LogP contribution in [0.5, 0.6) is 0 Å². The lowest BCUT2D eigenvalue weighted by Crippen LogP contribution is -2.47. The molecule has 0 saturated heterocycles. The summed E-state index contributed by atoms with van der Waals surface area (Å²) in [7, 11) is 0. The molecule has 3 fully saturated rings. The minimum absolute atomic E-state index is 0.104. The van der Waals surface area contributed by atoms with Crippen LogP contribution in [0.1, 0.15) is 40.0 Å². The van der Waals surface area contributed by atoms with Gasteiger partial charge < -0.3 is 14.2 Å². The van der Waals surface area contributed by atoms with Gasteiger partial charge in [0.1, 0.15) is 0 Å². The zero-order valence-corrected chi connectivity index (χ0v) is 15.3. The normalized spacial score (nSPS) is 42.3. The molecule has 5 nitrogen and oxygen atoms in total. The molecule has 0 aliphatic heterocycles. The molecule has 138 valence electrons. The number of carbonyl (C=O) groups excluding carboxylic acids is 2. The quantitative estimate of drug-likeness (QED) is 0.320. The summed E-state index contributed by atoms with van der Waals surface area (Å²) in [6, 6.07) is 0. The molecule has 0 aromatic rings. The van der Waals surface area contributed by atoms with E-state index in [1.807, 2.05) is 0 Å². The lowest BCUT2D eigenvalue weighted by atomic mass is 9.69. The van der Waals surface area contributed by atoms with Gasteiger partial charge in [0.25, 0.3) is 0 Å². The Balaban J connectivity index is 1.47. The molecule has 3 saturated carbocycles. The van der Waals surface area contributed by atoms with Crippen LogP contribution in [0.4, 0.5) is 0 Å². The molecule has 4 aliphatic carbocycles. The van der Waals surface area contributed by atoms with Crippen molar-refractivity contribution >= 4 is 11.9 Å². The maximum atomic E-state index is 12.9. The van der Waals surface area contributed by atoms with E-state index in [2.05, 4.69) is 12.2 Å². The SMILES string of the molecule is CCOC(=O)C(C)(OCC)OC(=O)C1CC2CC1C1C3C=CC(C3)C21. The standard InChI is InChI=1S/C20H28O5/c1-4-23-19(22)20(3,24-5-2)25-18(21)15-10-13-9-14(15)17-12-7-6-11(8-12)16(13)17/h6-7,11-17H,4-5,8-10H2,1-3H3. The summed E-state index contributed by atoms with van der Waals surface area (Å²) in [6.45, 7) is 5.49. The van der Waals surface area contributed by atoms with Gasteiger partial charge in [0.15, 0.2) is 0 Å². The predicted octanol–water partition coefficient (Wildman–Crippen LogP) is 2.94. The molecule has 0 N–H and O–H groups in total. The van der Waals surface area contributed by atoms with E-state index in [1.54, 1.807) is 13.8 Å². The fourth-order valence-corrected chi connectivity index (χ4v) is 6.22. The second-order valence-electron chi connectivity index (χ2n) is 8.13. The van der Waals surface area contributed by atoms with Crippen LogP contribution < -0.4 is 0 Å². The molecule has 5 heteroatoms.